The second kappa shape index (κ2) is 7.75. The number of likely N-dealkylation sites (tertiary alicyclic amines) is 1. The Morgan fingerprint density at radius 3 is 2.92 bits per heavy atom. The van der Waals surface area contributed by atoms with Gasteiger partial charge in [-0.2, -0.15) is 5.10 Å². The van der Waals surface area contributed by atoms with Crippen LogP contribution in [0.15, 0.2) is 30.6 Å². The molecule has 0 saturated carbocycles. The van der Waals surface area contributed by atoms with Gasteiger partial charge in [0.05, 0.1) is 20.2 Å². The second-order valence-corrected chi connectivity index (χ2v) is 6.46. The summed E-state index contributed by atoms with van der Waals surface area (Å²) in [5.74, 6) is 2.38. The lowest BCUT2D eigenvalue weighted by Crippen LogP contribution is -2.37. The number of hydrogen-bond donors (Lipinski definition) is 0. The van der Waals surface area contributed by atoms with E-state index in [4.69, 9.17) is 4.74 Å². The number of halogens is 1. The number of aryl methyl sites for hydroxylation is 1. The molecule has 0 radical (unpaired) electrons. The van der Waals surface area contributed by atoms with Gasteiger partial charge in [-0.3, -0.25) is 4.90 Å². The number of piperidine rings is 1. The average molecular weight is 332 g/mol. The minimum absolute atomic E-state index is 0.262. The Labute approximate surface area is 142 Å². The second-order valence-electron chi connectivity index (χ2n) is 6.46. The third-order valence-electron chi connectivity index (χ3n) is 4.75. The molecule has 2 atom stereocenters. The minimum Gasteiger partial charge on any atom is -0.496 e. The number of hydrogen-bond acceptors (Lipinski definition) is 4. The quantitative estimate of drug-likeness (QED) is 0.814. The maximum atomic E-state index is 12.7. The van der Waals surface area contributed by atoms with Crippen LogP contribution in [-0.2, 0) is 13.1 Å². The van der Waals surface area contributed by atoms with Crippen LogP contribution < -0.4 is 4.74 Å². The van der Waals surface area contributed by atoms with E-state index in [2.05, 4.69) is 34.0 Å². The largest absolute Gasteiger partial charge is 0.496 e. The number of ether oxygens (including phenoxy) is 1. The monoisotopic (exact) mass is 332 g/mol. The fraction of sp³-hybridized carbons (Fsp3) is 0.556. The van der Waals surface area contributed by atoms with E-state index in [1.807, 2.05) is 12.1 Å². The molecule has 0 N–H and O–H groups in total. The van der Waals surface area contributed by atoms with Crippen LogP contribution in [0.1, 0.15) is 37.2 Å². The first-order chi connectivity index (χ1) is 11.7. The lowest BCUT2D eigenvalue weighted by molar-refractivity contribution is 0.0993. The van der Waals surface area contributed by atoms with E-state index in [0.29, 0.717) is 12.5 Å². The van der Waals surface area contributed by atoms with Crippen molar-refractivity contribution < 1.29 is 9.13 Å². The zero-order chi connectivity index (χ0) is 16.9. The summed E-state index contributed by atoms with van der Waals surface area (Å²) < 4.78 is 19.9. The molecule has 130 valence electrons. The van der Waals surface area contributed by atoms with Crippen molar-refractivity contribution in [3.8, 4) is 5.75 Å². The molecule has 0 amide bonds. The minimum atomic E-state index is -0.428. The van der Waals surface area contributed by atoms with Crippen LogP contribution in [0.3, 0.4) is 0 Å². The molecular formula is C18H25FN4O. The molecule has 0 bridgehead atoms. The maximum absolute atomic E-state index is 12.7. The van der Waals surface area contributed by atoms with Crippen molar-refractivity contribution in [3.63, 3.8) is 0 Å². The first kappa shape index (κ1) is 16.9. The van der Waals surface area contributed by atoms with Gasteiger partial charge in [0.25, 0.3) is 0 Å². The van der Waals surface area contributed by atoms with E-state index in [9.17, 15) is 4.39 Å². The van der Waals surface area contributed by atoms with Crippen molar-refractivity contribution in [3.05, 3.63) is 42.0 Å². The molecule has 3 rings (SSSR count). The lowest BCUT2D eigenvalue weighted by Gasteiger charge is -2.39. The summed E-state index contributed by atoms with van der Waals surface area (Å²) in [6.45, 7) is 3.77. The fourth-order valence-electron chi connectivity index (χ4n) is 3.57. The number of rotatable bonds is 6. The van der Waals surface area contributed by atoms with Gasteiger partial charge in [-0.25, -0.2) is 14.1 Å². The third-order valence-corrected chi connectivity index (χ3v) is 4.75. The van der Waals surface area contributed by atoms with Gasteiger partial charge in [-0.1, -0.05) is 25.1 Å². The van der Waals surface area contributed by atoms with Crippen molar-refractivity contribution in [1.29, 1.82) is 0 Å². The van der Waals surface area contributed by atoms with Gasteiger partial charge in [-0.05, 0) is 24.8 Å². The van der Waals surface area contributed by atoms with Crippen molar-refractivity contribution in [2.24, 2.45) is 5.92 Å². The van der Waals surface area contributed by atoms with Crippen LogP contribution in [0, 0.1) is 5.92 Å². The number of nitrogens with zero attached hydrogens (tertiary/aromatic N) is 4. The van der Waals surface area contributed by atoms with Gasteiger partial charge >= 0.3 is 0 Å². The summed E-state index contributed by atoms with van der Waals surface area (Å²) in [7, 11) is 1.71. The summed E-state index contributed by atoms with van der Waals surface area (Å²) >= 11 is 0. The summed E-state index contributed by atoms with van der Waals surface area (Å²) in [4.78, 5) is 6.76. The van der Waals surface area contributed by atoms with Crippen molar-refractivity contribution in [2.45, 2.75) is 38.9 Å². The van der Waals surface area contributed by atoms with E-state index >= 15 is 0 Å². The molecule has 1 aliphatic heterocycles. The van der Waals surface area contributed by atoms with Crippen molar-refractivity contribution in [1.82, 2.24) is 19.7 Å². The Hall–Kier alpha value is -1.95. The van der Waals surface area contributed by atoms with Crippen LogP contribution in [0.4, 0.5) is 4.39 Å². The van der Waals surface area contributed by atoms with Gasteiger partial charge in [0.2, 0.25) is 0 Å². The lowest BCUT2D eigenvalue weighted by atomic mass is 9.89. The van der Waals surface area contributed by atoms with Crippen LogP contribution in [0.25, 0.3) is 0 Å². The summed E-state index contributed by atoms with van der Waals surface area (Å²) in [5, 5.41) is 4.14. The third kappa shape index (κ3) is 3.59. The number of para-hydroxylation sites is 1. The molecule has 5 nitrogen and oxygen atoms in total. The Bertz CT molecular complexity index is 660. The zero-order valence-corrected chi connectivity index (χ0v) is 14.4. The Morgan fingerprint density at radius 1 is 1.29 bits per heavy atom. The number of alkyl halides is 1. The van der Waals surface area contributed by atoms with E-state index < -0.39 is 6.67 Å². The fourth-order valence-corrected chi connectivity index (χ4v) is 3.57. The molecular weight excluding hydrogens is 307 g/mol. The molecule has 1 aliphatic rings. The number of aromatic nitrogens is 3. The highest BCUT2D eigenvalue weighted by Crippen LogP contribution is 2.38. The molecule has 2 unspecified atom stereocenters. The van der Waals surface area contributed by atoms with Crippen LogP contribution in [0.2, 0.25) is 0 Å². The van der Waals surface area contributed by atoms with E-state index in [-0.39, 0.29) is 12.6 Å². The average Bonchev–Trinajstić information content (AvgIpc) is 3.02. The summed E-state index contributed by atoms with van der Waals surface area (Å²) in [6.07, 6.45) is 3.78. The Morgan fingerprint density at radius 2 is 2.12 bits per heavy atom. The van der Waals surface area contributed by atoms with Gasteiger partial charge in [0.1, 0.15) is 24.6 Å². The summed E-state index contributed by atoms with van der Waals surface area (Å²) in [6, 6.07) is 8.49. The highest BCUT2D eigenvalue weighted by atomic mass is 19.1. The highest BCUT2D eigenvalue weighted by molar-refractivity contribution is 5.36. The first-order valence-electron chi connectivity index (χ1n) is 8.52. The van der Waals surface area contributed by atoms with E-state index in [1.165, 1.54) is 18.3 Å². The normalized spacial score (nSPS) is 21.8. The standard InChI is InChI=1S/C18H25FN4O/c1-14-7-8-16(15-5-3-4-6-17(15)24-2)22(11-14)12-18-20-13-21-23(18)10-9-19/h3-6,13-14,16H,7-12H2,1-2H3. The smallest absolute Gasteiger partial charge is 0.141 e. The molecule has 24 heavy (non-hydrogen) atoms. The molecule has 2 aromatic rings. The van der Waals surface area contributed by atoms with Crippen molar-refractivity contribution >= 4 is 0 Å². The van der Waals surface area contributed by atoms with Gasteiger partial charge < -0.3 is 4.74 Å². The van der Waals surface area contributed by atoms with Gasteiger partial charge in [-0.15, -0.1) is 0 Å². The molecule has 0 aliphatic carbocycles. The highest BCUT2D eigenvalue weighted by Gasteiger charge is 2.30. The zero-order valence-electron chi connectivity index (χ0n) is 14.4. The molecule has 1 aromatic carbocycles. The molecule has 2 heterocycles. The molecule has 0 spiro atoms. The number of benzene rings is 1. The predicted molar refractivity (Wildman–Crippen MR) is 90.5 cm³/mol. The molecule has 1 fully saturated rings. The van der Waals surface area contributed by atoms with Crippen LogP contribution in [0.5, 0.6) is 5.75 Å². The molecule has 6 heteroatoms. The topological polar surface area (TPSA) is 43.2 Å². The number of methoxy groups -OCH3 is 1. The first-order valence-corrected chi connectivity index (χ1v) is 8.52. The van der Waals surface area contributed by atoms with Gasteiger partial charge in [0, 0.05) is 18.2 Å². The summed E-state index contributed by atoms with van der Waals surface area (Å²) in [5.41, 5.74) is 1.21. The molecule has 1 saturated heterocycles. The van der Waals surface area contributed by atoms with Crippen LogP contribution >= 0.6 is 0 Å². The van der Waals surface area contributed by atoms with Crippen molar-refractivity contribution in [2.75, 3.05) is 20.3 Å². The van der Waals surface area contributed by atoms with Crippen LogP contribution in [-0.4, -0.2) is 40.0 Å². The van der Waals surface area contributed by atoms with E-state index in [1.54, 1.807) is 11.8 Å². The predicted octanol–water partition coefficient (Wildman–Crippen LogP) is 3.23. The Kier molecular flexibility index (Phi) is 5.45. The molecule has 1 aromatic heterocycles. The Balaban J connectivity index is 1.85. The maximum Gasteiger partial charge on any atom is 0.141 e. The van der Waals surface area contributed by atoms with E-state index in [0.717, 1.165) is 24.5 Å². The SMILES string of the molecule is COc1ccccc1C1CCC(C)CN1Cc1ncnn1CCF. The van der Waals surface area contributed by atoms with Gasteiger partial charge in [0.15, 0.2) is 0 Å².